The van der Waals surface area contributed by atoms with Crippen molar-refractivity contribution in [2.45, 2.75) is 38.6 Å². The Morgan fingerprint density at radius 3 is 2.41 bits per heavy atom. The molecule has 1 atom stereocenters. The lowest BCUT2D eigenvalue weighted by Crippen LogP contribution is -2.44. The number of hydrogen-bond acceptors (Lipinski definition) is 4. The summed E-state index contributed by atoms with van der Waals surface area (Å²) >= 11 is 3.93. The Hall–Kier alpha value is -1.24. The van der Waals surface area contributed by atoms with Crippen molar-refractivity contribution in [2.24, 2.45) is 5.73 Å². The van der Waals surface area contributed by atoms with Crippen molar-refractivity contribution in [2.75, 3.05) is 5.75 Å². The molecule has 0 aliphatic heterocycles. The molecule has 0 radical (unpaired) electrons. The van der Waals surface area contributed by atoms with E-state index in [4.69, 9.17) is 15.6 Å². The van der Waals surface area contributed by atoms with Gasteiger partial charge in [-0.1, -0.05) is 19.8 Å². The van der Waals surface area contributed by atoms with Gasteiger partial charge in [-0.3, -0.25) is 14.4 Å². The highest BCUT2D eigenvalue weighted by molar-refractivity contribution is 7.80. The summed E-state index contributed by atoms with van der Waals surface area (Å²) in [6.45, 7) is 1.77. The lowest BCUT2D eigenvalue weighted by atomic mass is 10.1. The molecule has 4 N–H and O–H groups in total. The quantitative estimate of drug-likeness (QED) is 0.388. The zero-order valence-corrected chi connectivity index (χ0v) is 10.8. The minimum atomic E-state index is -0.526. The van der Waals surface area contributed by atoms with Gasteiger partial charge in [0.1, 0.15) is 6.04 Å². The van der Waals surface area contributed by atoms with E-state index in [1.807, 2.05) is 6.92 Å². The van der Waals surface area contributed by atoms with Crippen molar-refractivity contribution in [3.8, 4) is 0 Å². The lowest BCUT2D eigenvalue weighted by Gasteiger charge is -2.14. The summed E-state index contributed by atoms with van der Waals surface area (Å²) < 4.78 is 0. The van der Waals surface area contributed by atoms with Crippen molar-refractivity contribution in [3.05, 3.63) is 0 Å². The number of nitrogens with two attached hydrogens (primary N) is 1. The Kier molecular flexibility index (Phi) is 13.7. The van der Waals surface area contributed by atoms with Crippen molar-refractivity contribution >= 4 is 30.9 Å². The van der Waals surface area contributed by atoms with Gasteiger partial charge in [0.15, 0.2) is 0 Å². The highest BCUT2D eigenvalue weighted by atomic mass is 32.1. The fourth-order valence-electron chi connectivity index (χ4n) is 1.06. The van der Waals surface area contributed by atoms with E-state index in [0.29, 0.717) is 18.6 Å². The van der Waals surface area contributed by atoms with Gasteiger partial charge in [-0.15, -0.1) is 0 Å². The van der Waals surface area contributed by atoms with Gasteiger partial charge in [0, 0.05) is 6.42 Å². The maximum atomic E-state index is 11.2. The molecule has 0 rings (SSSR count). The zero-order valence-electron chi connectivity index (χ0n) is 9.89. The second-order valence-electron chi connectivity index (χ2n) is 3.24. The first-order valence-electron chi connectivity index (χ1n) is 5.30. The molecule has 0 aliphatic carbocycles. The second-order valence-corrected chi connectivity index (χ2v) is 3.69. The van der Waals surface area contributed by atoms with Gasteiger partial charge in [0.05, 0.1) is 0 Å². The second kappa shape index (κ2) is 12.8. The van der Waals surface area contributed by atoms with Crippen LogP contribution in [-0.4, -0.2) is 35.2 Å². The van der Waals surface area contributed by atoms with Crippen LogP contribution in [-0.2, 0) is 14.4 Å². The molecule has 0 saturated carbocycles. The highest BCUT2D eigenvalue weighted by Crippen LogP contribution is 2.00. The molecule has 0 aromatic rings. The molecule has 0 spiro atoms. The standard InChI is InChI=1S/C9H18N2O2S.CH2O2/c1-2-3-4-7(9(10)13)11-8(12)5-6-14;2-1-3/h7,14H,2-6H2,1H3,(H2,10,13)(H,11,12);1H,(H,2,3). The number of rotatable bonds is 7. The molecule has 0 aromatic carbocycles. The van der Waals surface area contributed by atoms with E-state index >= 15 is 0 Å². The predicted octanol–water partition coefficient (Wildman–Crippen LogP) is 0.167. The average molecular weight is 264 g/mol. The zero-order chi connectivity index (χ0) is 13.7. The molecule has 2 amide bonds. The smallest absolute Gasteiger partial charge is 0.290 e. The monoisotopic (exact) mass is 264 g/mol. The number of carbonyl (C=O) groups is 3. The lowest BCUT2D eigenvalue weighted by molar-refractivity contribution is -0.127. The van der Waals surface area contributed by atoms with E-state index in [2.05, 4.69) is 17.9 Å². The molecule has 0 saturated heterocycles. The molecule has 0 aromatic heterocycles. The van der Waals surface area contributed by atoms with Crippen LogP contribution in [0.15, 0.2) is 0 Å². The van der Waals surface area contributed by atoms with Gasteiger partial charge >= 0.3 is 0 Å². The Bertz CT molecular complexity index is 236. The number of amides is 2. The predicted molar refractivity (Wildman–Crippen MR) is 67.8 cm³/mol. The van der Waals surface area contributed by atoms with Crippen LogP contribution in [0.3, 0.4) is 0 Å². The molecule has 17 heavy (non-hydrogen) atoms. The van der Waals surface area contributed by atoms with E-state index in [1.54, 1.807) is 0 Å². The number of thiol groups is 1. The van der Waals surface area contributed by atoms with Gasteiger partial charge in [0.25, 0.3) is 6.47 Å². The van der Waals surface area contributed by atoms with Crippen LogP contribution in [0.25, 0.3) is 0 Å². The summed E-state index contributed by atoms with van der Waals surface area (Å²) in [6.07, 6.45) is 2.80. The SMILES string of the molecule is CCCCC(NC(=O)CCS)C(N)=O.O=CO. The van der Waals surface area contributed by atoms with Crippen molar-refractivity contribution in [1.82, 2.24) is 5.32 Å². The van der Waals surface area contributed by atoms with Gasteiger partial charge in [-0.25, -0.2) is 0 Å². The van der Waals surface area contributed by atoms with Crippen LogP contribution in [0.4, 0.5) is 0 Å². The van der Waals surface area contributed by atoms with Gasteiger partial charge in [0.2, 0.25) is 11.8 Å². The Balaban J connectivity index is 0. The first-order valence-corrected chi connectivity index (χ1v) is 5.94. The maximum absolute atomic E-state index is 11.2. The van der Waals surface area contributed by atoms with Gasteiger partial charge in [-0.05, 0) is 12.2 Å². The summed E-state index contributed by atoms with van der Waals surface area (Å²) in [5, 5.41) is 9.48. The van der Waals surface area contributed by atoms with E-state index in [0.717, 1.165) is 12.8 Å². The molecule has 0 aliphatic rings. The number of carboxylic acid groups (broad SMARTS) is 1. The third kappa shape index (κ3) is 12.7. The Morgan fingerprint density at radius 1 is 1.53 bits per heavy atom. The van der Waals surface area contributed by atoms with E-state index in [1.165, 1.54) is 0 Å². The van der Waals surface area contributed by atoms with Crippen molar-refractivity contribution in [3.63, 3.8) is 0 Å². The molecular formula is C10H20N2O4S. The maximum Gasteiger partial charge on any atom is 0.290 e. The number of carbonyl (C=O) groups excluding carboxylic acids is 2. The molecule has 7 heteroatoms. The third-order valence-electron chi connectivity index (χ3n) is 1.86. The van der Waals surface area contributed by atoms with Crippen LogP contribution in [0.5, 0.6) is 0 Å². The summed E-state index contributed by atoms with van der Waals surface area (Å²) in [4.78, 5) is 30.4. The normalized spacial score (nSPS) is 10.7. The first kappa shape index (κ1) is 18.1. The molecule has 1 unspecified atom stereocenters. The Morgan fingerprint density at radius 2 is 2.06 bits per heavy atom. The fraction of sp³-hybridized carbons (Fsp3) is 0.700. The molecule has 0 heterocycles. The van der Waals surface area contributed by atoms with Crippen LogP contribution in [0, 0.1) is 0 Å². The fourth-order valence-corrected chi connectivity index (χ4v) is 1.26. The Labute approximate surface area is 106 Å². The highest BCUT2D eigenvalue weighted by Gasteiger charge is 2.16. The summed E-state index contributed by atoms with van der Waals surface area (Å²) in [7, 11) is 0. The van der Waals surface area contributed by atoms with Crippen LogP contribution in [0.2, 0.25) is 0 Å². The molecule has 100 valence electrons. The van der Waals surface area contributed by atoms with Crippen molar-refractivity contribution in [1.29, 1.82) is 0 Å². The topological polar surface area (TPSA) is 109 Å². The largest absolute Gasteiger partial charge is 0.483 e. The number of nitrogens with one attached hydrogen (secondary N) is 1. The summed E-state index contributed by atoms with van der Waals surface area (Å²) in [6, 6.07) is -0.526. The van der Waals surface area contributed by atoms with Gasteiger partial charge in [-0.2, -0.15) is 12.6 Å². The number of hydrogen-bond donors (Lipinski definition) is 4. The van der Waals surface area contributed by atoms with Crippen LogP contribution < -0.4 is 11.1 Å². The molecule has 0 fully saturated rings. The molecular weight excluding hydrogens is 244 g/mol. The molecule has 0 bridgehead atoms. The van der Waals surface area contributed by atoms with Crippen LogP contribution >= 0.6 is 12.6 Å². The van der Waals surface area contributed by atoms with Crippen molar-refractivity contribution < 1.29 is 19.5 Å². The number of unbranched alkanes of at least 4 members (excludes halogenated alkanes) is 1. The number of primary amides is 1. The van der Waals surface area contributed by atoms with E-state index < -0.39 is 11.9 Å². The summed E-state index contributed by atoms with van der Waals surface area (Å²) in [5.41, 5.74) is 5.15. The van der Waals surface area contributed by atoms with Gasteiger partial charge < -0.3 is 16.2 Å². The summed E-state index contributed by atoms with van der Waals surface area (Å²) in [5.74, 6) is -0.156. The minimum Gasteiger partial charge on any atom is -0.483 e. The third-order valence-corrected chi connectivity index (χ3v) is 2.09. The van der Waals surface area contributed by atoms with E-state index in [-0.39, 0.29) is 12.4 Å². The van der Waals surface area contributed by atoms with Crippen LogP contribution in [0.1, 0.15) is 32.6 Å². The molecule has 6 nitrogen and oxygen atoms in total. The first-order chi connectivity index (χ1) is 8.03. The average Bonchev–Trinajstić information content (AvgIpc) is 2.25. The van der Waals surface area contributed by atoms with E-state index in [9.17, 15) is 9.59 Å². The minimum absolute atomic E-state index is 0.167.